The van der Waals surface area contributed by atoms with E-state index in [0.29, 0.717) is 12.3 Å². The van der Waals surface area contributed by atoms with Crippen LogP contribution in [0.15, 0.2) is 35.4 Å². The number of hydrazone groups is 1. The van der Waals surface area contributed by atoms with E-state index in [1.54, 1.807) is 0 Å². The summed E-state index contributed by atoms with van der Waals surface area (Å²) in [5.74, 6) is -0.177. The van der Waals surface area contributed by atoms with Crippen molar-refractivity contribution >= 4 is 11.6 Å². The second-order valence-electron chi connectivity index (χ2n) is 3.98. The molecule has 0 saturated heterocycles. The van der Waals surface area contributed by atoms with Crippen molar-refractivity contribution in [3.05, 3.63) is 35.9 Å². The first-order chi connectivity index (χ1) is 8.20. The Bertz CT molecular complexity index is 429. The van der Waals surface area contributed by atoms with Gasteiger partial charge in [0.1, 0.15) is 11.9 Å². The molecule has 0 spiro atoms. The van der Waals surface area contributed by atoms with E-state index in [1.807, 2.05) is 42.3 Å². The minimum atomic E-state index is -0.177. The molecule has 1 amide bonds. The van der Waals surface area contributed by atoms with Crippen LogP contribution >= 0.6 is 0 Å². The third kappa shape index (κ3) is 2.62. The SMILES string of the molecule is CC1NC(=O)C(CN)=NN1Cc1ccccc1. The normalized spacial score (nSPS) is 19.9. The minimum Gasteiger partial charge on any atom is -0.330 e. The van der Waals surface area contributed by atoms with E-state index in [1.165, 1.54) is 0 Å². The number of amides is 1. The van der Waals surface area contributed by atoms with Crippen molar-refractivity contribution < 1.29 is 4.79 Å². The van der Waals surface area contributed by atoms with Crippen LogP contribution < -0.4 is 11.1 Å². The molecule has 2 rings (SSSR count). The molecule has 0 saturated carbocycles. The fourth-order valence-electron chi connectivity index (χ4n) is 1.71. The second-order valence-corrected chi connectivity index (χ2v) is 3.98. The quantitative estimate of drug-likeness (QED) is 0.786. The molecule has 1 atom stereocenters. The number of hydrogen-bond acceptors (Lipinski definition) is 4. The lowest BCUT2D eigenvalue weighted by molar-refractivity contribution is -0.117. The maximum Gasteiger partial charge on any atom is 0.270 e. The van der Waals surface area contributed by atoms with Crippen LogP contribution in [-0.2, 0) is 11.3 Å². The average Bonchev–Trinajstić information content (AvgIpc) is 2.34. The Morgan fingerprint density at radius 1 is 1.41 bits per heavy atom. The standard InChI is InChI=1S/C12H16N4O/c1-9-14-12(17)11(7-13)15-16(9)8-10-5-3-2-4-6-10/h2-6,9H,7-8,13H2,1H3,(H,14,17). The maximum atomic E-state index is 11.5. The second kappa shape index (κ2) is 4.97. The van der Waals surface area contributed by atoms with Gasteiger partial charge in [-0.05, 0) is 12.5 Å². The first kappa shape index (κ1) is 11.6. The number of nitrogens with zero attached hydrogens (tertiary/aromatic N) is 2. The van der Waals surface area contributed by atoms with E-state index < -0.39 is 0 Å². The van der Waals surface area contributed by atoms with Crippen LogP contribution in [0.2, 0.25) is 0 Å². The molecule has 1 aliphatic rings. The van der Waals surface area contributed by atoms with E-state index in [9.17, 15) is 4.79 Å². The Labute approximate surface area is 100 Å². The molecule has 0 aliphatic carbocycles. The van der Waals surface area contributed by atoms with Crippen LogP contribution in [0.5, 0.6) is 0 Å². The highest BCUT2D eigenvalue weighted by Gasteiger charge is 2.24. The fourth-order valence-corrected chi connectivity index (χ4v) is 1.71. The lowest BCUT2D eigenvalue weighted by Crippen LogP contribution is -2.52. The monoisotopic (exact) mass is 232 g/mol. The maximum absolute atomic E-state index is 11.5. The fraction of sp³-hybridized carbons (Fsp3) is 0.333. The van der Waals surface area contributed by atoms with Gasteiger partial charge in [0.05, 0.1) is 6.54 Å². The first-order valence-corrected chi connectivity index (χ1v) is 5.59. The number of rotatable bonds is 3. The average molecular weight is 232 g/mol. The molecule has 0 bridgehead atoms. The Morgan fingerprint density at radius 3 is 2.76 bits per heavy atom. The highest BCUT2D eigenvalue weighted by atomic mass is 16.2. The number of carbonyl (C=O) groups excluding carboxylic acids is 1. The Morgan fingerprint density at radius 2 is 2.12 bits per heavy atom. The zero-order valence-corrected chi connectivity index (χ0v) is 9.76. The first-order valence-electron chi connectivity index (χ1n) is 5.59. The molecule has 0 aromatic heterocycles. The van der Waals surface area contributed by atoms with E-state index >= 15 is 0 Å². The van der Waals surface area contributed by atoms with Crippen molar-refractivity contribution in [2.45, 2.75) is 19.6 Å². The zero-order chi connectivity index (χ0) is 12.3. The van der Waals surface area contributed by atoms with Gasteiger partial charge in [-0.1, -0.05) is 30.3 Å². The summed E-state index contributed by atoms with van der Waals surface area (Å²) in [6.07, 6.45) is -0.113. The van der Waals surface area contributed by atoms with Crippen molar-refractivity contribution in [1.29, 1.82) is 0 Å². The molecule has 1 unspecified atom stereocenters. The molecular weight excluding hydrogens is 216 g/mol. The molecule has 0 fully saturated rings. The van der Waals surface area contributed by atoms with Gasteiger partial charge in [-0.15, -0.1) is 0 Å². The summed E-state index contributed by atoms with van der Waals surface area (Å²) >= 11 is 0. The van der Waals surface area contributed by atoms with E-state index in [4.69, 9.17) is 5.73 Å². The van der Waals surface area contributed by atoms with Gasteiger partial charge in [0, 0.05) is 6.54 Å². The molecule has 1 aromatic carbocycles. The van der Waals surface area contributed by atoms with Gasteiger partial charge in [-0.25, -0.2) is 0 Å². The Kier molecular flexibility index (Phi) is 3.39. The van der Waals surface area contributed by atoms with Gasteiger partial charge in [0.25, 0.3) is 5.91 Å². The minimum absolute atomic E-state index is 0.113. The summed E-state index contributed by atoms with van der Waals surface area (Å²) in [5, 5.41) is 8.93. The molecule has 90 valence electrons. The van der Waals surface area contributed by atoms with Crippen LogP contribution in [0.25, 0.3) is 0 Å². The van der Waals surface area contributed by atoms with Gasteiger partial charge >= 0.3 is 0 Å². The predicted molar refractivity (Wildman–Crippen MR) is 66.1 cm³/mol. The van der Waals surface area contributed by atoms with Crippen molar-refractivity contribution in [3.8, 4) is 0 Å². The van der Waals surface area contributed by atoms with Gasteiger partial charge < -0.3 is 11.1 Å². The number of nitrogens with two attached hydrogens (primary N) is 1. The summed E-state index contributed by atoms with van der Waals surface area (Å²) in [5.41, 5.74) is 7.00. The number of nitrogens with one attached hydrogen (secondary N) is 1. The number of hydrogen-bond donors (Lipinski definition) is 2. The number of carbonyl (C=O) groups is 1. The lowest BCUT2D eigenvalue weighted by atomic mass is 10.2. The summed E-state index contributed by atoms with van der Waals surface area (Å²) in [6, 6.07) is 9.99. The van der Waals surface area contributed by atoms with Crippen LogP contribution in [0.3, 0.4) is 0 Å². The zero-order valence-electron chi connectivity index (χ0n) is 9.76. The highest BCUT2D eigenvalue weighted by Crippen LogP contribution is 2.10. The number of benzene rings is 1. The van der Waals surface area contributed by atoms with Gasteiger partial charge in [-0.2, -0.15) is 5.10 Å². The summed E-state index contributed by atoms with van der Waals surface area (Å²) in [7, 11) is 0. The van der Waals surface area contributed by atoms with Gasteiger partial charge in [0.2, 0.25) is 0 Å². The molecule has 5 nitrogen and oxygen atoms in total. The summed E-state index contributed by atoms with van der Waals surface area (Å²) in [4.78, 5) is 11.5. The Hall–Kier alpha value is -1.88. The molecule has 1 heterocycles. The molecule has 5 heteroatoms. The van der Waals surface area contributed by atoms with Crippen molar-refractivity contribution in [2.24, 2.45) is 10.8 Å². The lowest BCUT2D eigenvalue weighted by Gasteiger charge is -2.31. The molecule has 0 radical (unpaired) electrons. The van der Waals surface area contributed by atoms with Crippen molar-refractivity contribution in [1.82, 2.24) is 10.3 Å². The summed E-state index contributed by atoms with van der Waals surface area (Å²) in [6.45, 7) is 2.72. The van der Waals surface area contributed by atoms with Crippen LogP contribution in [0, 0.1) is 0 Å². The van der Waals surface area contributed by atoms with Crippen LogP contribution in [0.4, 0.5) is 0 Å². The van der Waals surface area contributed by atoms with Crippen LogP contribution in [0.1, 0.15) is 12.5 Å². The molecular formula is C12H16N4O. The van der Waals surface area contributed by atoms with Gasteiger partial charge in [-0.3, -0.25) is 9.80 Å². The Balaban J connectivity index is 2.15. The molecule has 1 aliphatic heterocycles. The molecule has 3 N–H and O–H groups in total. The topological polar surface area (TPSA) is 70.7 Å². The third-order valence-electron chi connectivity index (χ3n) is 2.68. The third-order valence-corrected chi connectivity index (χ3v) is 2.68. The molecule has 1 aromatic rings. The summed E-state index contributed by atoms with van der Waals surface area (Å²) < 4.78 is 0. The highest BCUT2D eigenvalue weighted by molar-refractivity contribution is 6.40. The van der Waals surface area contributed by atoms with E-state index in [-0.39, 0.29) is 18.6 Å². The van der Waals surface area contributed by atoms with E-state index in [0.717, 1.165) is 5.56 Å². The smallest absolute Gasteiger partial charge is 0.270 e. The predicted octanol–water partition coefficient (Wildman–Crippen LogP) is 0.279. The molecule has 17 heavy (non-hydrogen) atoms. The van der Waals surface area contributed by atoms with Gasteiger partial charge in [0.15, 0.2) is 0 Å². The largest absolute Gasteiger partial charge is 0.330 e. The van der Waals surface area contributed by atoms with Crippen LogP contribution in [-0.4, -0.2) is 29.3 Å². The van der Waals surface area contributed by atoms with E-state index in [2.05, 4.69) is 10.4 Å². The van der Waals surface area contributed by atoms with Crippen molar-refractivity contribution in [2.75, 3.05) is 6.54 Å². The van der Waals surface area contributed by atoms with Crippen molar-refractivity contribution in [3.63, 3.8) is 0 Å².